The van der Waals surface area contributed by atoms with Crippen LogP contribution in [0.5, 0.6) is 0 Å². The van der Waals surface area contributed by atoms with Gasteiger partial charge in [-0.2, -0.15) is 15.0 Å². The van der Waals surface area contributed by atoms with Crippen LogP contribution >= 0.6 is 0 Å². The summed E-state index contributed by atoms with van der Waals surface area (Å²) in [5, 5.41) is 9.27. The third kappa shape index (κ3) is 4.05. The third-order valence-electron chi connectivity index (χ3n) is 4.75. The molecule has 1 aromatic carbocycles. The molecule has 0 aliphatic rings. The second-order valence-electron chi connectivity index (χ2n) is 7.27. The van der Waals surface area contributed by atoms with Crippen LogP contribution in [0.25, 0.3) is 11.0 Å². The van der Waals surface area contributed by atoms with E-state index in [0.717, 1.165) is 29.8 Å². The Morgan fingerprint density at radius 1 is 1.05 bits per heavy atom. The molecule has 2 rings (SSSR count). The molecular weight excluding hydrogens is 258 g/mol. The van der Waals surface area contributed by atoms with Crippen molar-refractivity contribution in [2.45, 2.75) is 66.3 Å². The van der Waals surface area contributed by atoms with Crippen LogP contribution in [-0.4, -0.2) is 15.0 Å². The molecule has 1 heterocycles. The standard InChI is InChI=1S/C18H29N3/c1-6-15(11-9-10-14(2)18(3,4)5)21-19-16-12-7-8-13-17(16)20-21/h7-8,12-15H,6,9-11H2,1-5H3. The Bertz CT molecular complexity index is 532. The van der Waals surface area contributed by atoms with Gasteiger partial charge in [0.05, 0.1) is 6.04 Å². The van der Waals surface area contributed by atoms with Crippen molar-refractivity contribution in [1.82, 2.24) is 15.0 Å². The van der Waals surface area contributed by atoms with E-state index in [-0.39, 0.29) is 0 Å². The zero-order valence-corrected chi connectivity index (χ0v) is 14.1. The molecule has 2 unspecified atom stereocenters. The molecule has 2 atom stereocenters. The molecule has 2 aromatic rings. The summed E-state index contributed by atoms with van der Waals surface area (Å²) in [5.74, 6) is 0.750. The molecule has 0 bridgehead atoms. The Balaban J connectivity index is 1.97. The Morgan fingerprint density at radius 2 is 1.62 bits per heavy atom. The summed E-state index contributed by atoms with van der Waals surface area (Å²) in [5.41, 5.74) is 2.40. The van der Waals surface area contributed by atoms with Gasteiger partial charge in [-0.1, -0.05) is 59.6 Å². The van der Waals surface area contributed by atoms with Gasteiger partial charge in [0.1, 0.15) is 11.0 Å². The summed E-state index contributed by atoms with van der Waals surface area (Å²) in [6.45, 7) is 11.6. The molecule has 1 aromatic heterocycles. The van der Waals surface area contributed by atoms with Crippen molar-refractivity contribution in [1.29, 1.82) is 0 Å². The maximum Gasteiger partial charge on any atom is 0.113 e. The first-order chi connectivity index (χ1) is 9.91. The highest BCUT2D eigenvalue weighted by Gasteiger charge is 2.20. The van der Waals surface area contributed by atoms with Crippen LogP contribution < -0.4 is 0 Å². The lowest BCUT2D eigenvalue weighted by Crippen LogP contribution is -2.18. The molecule has 116 valence electrons. The monoisotopic (exact) mass is 287 g/mol. The Kier molecular flexibility index (Phi) is 5.02. The van der Waals surface area contributed by atoms with Gasteiger partial charge in [-0.15, -0.1) is 0 Å². The van der Waals surface area contributed by atoms with Crippen LogP contribution in [0.15, 0.2) is 24.3 Å². The van der Waals surface area contributed by atoms with E-state index in [4.69, 9.17) is 0 Å². The summed E-state index contributed by atoms with van der Waals surface area (Å²) < 4.78 is 0. The van der Waals surface area contributed by atoms with Gasteiger partial charge in [0.2, 0.25) is 0 Å². The van der Waals surface area contributed by atoms with Gasteiger partial charge >= 0.3 is 0 Å². The first-order valence-electron chi connectivity index (χ1n) is 8.23. The van der Waals surface area contributed by atoms with Gasteiger partial charge in [-0.05, 0) is 36.3 Å². The van der Waals surface area contributed by atoms with Gasteiger partial charge in [-0.3, -0.25) is 0 Å². The van der Waals surface area contributed by atoms with Crippen LogP contribution in [0.3, 0.4) is 0 Å². The number of hydrogen-bond donors (Lipinski definition) is 0. The van der Waals surface area contributed by atoms with E-state index in [2.05, 4.69) is 44.8 Å². The number of hydrogen-bond acceptors (Lipinski definition) is 2. The molecular formula is C18H29N3. The summed E-state index contributed by atoms with van der Waals surface area (Å²) in [4.78, 5) is 1.94. The second kappa shape index (κ2) is 6.59. The maximum atomic E-state index is 4.64. The lowest BCUT2D eigenvalue weighted by molar-refractivity contribution is 0.233. The van der Waals surface area contributed by atoms with Crippen molar-refractivity contribution in [3.8, 4) is 0 Å². The summed E-state index contributed by atoms with van der Waals surface area (Å²) in [6, 6.07) is 8.53. The Labute approximate surface area is 128 Å². The molecule has 0 saturated heterocycles. The van der Waals surface area contributed by atoms with Gasteiger partial charge in [0.15, 0.2) is 0 Å². The van der Waals surface area contributed by atoms with E-state index in [1.807, 2.05) is 29.1 Å². The van der Waals surface area contributed by atoms with E-state index >= 15 is 0 Å². The molecule has 0 fully saturated rings. The zero-order chi connectivity index (χ0) is 15.5. The van der Waals surface area contributed by atoms with Gasteiger partial charge < -0.3 is 0 Å². The highest BCUT2D eigenvalue weighted by Crippen LogP contribution is 2.30. The van der Waals surface area contributed by atoms with Crippen LogP contribution in [0, 0.1) is 11.3 Å². The number of nitrogens with zero attached hydrogens (tertiary/aromatic N) is 3. The van der Waals surface area contributed by atoms with Gasteiger partial charge in [-0.25, -0.2) is 0 Å². The molecule has 0 radical (unpaired) electrons. The second-order valence-corrected chi connectivity index (χ2v) is 7.27. The van der Waals surface area contributed by atoms with E-state index in [9.17, 15) is 0 Å². The topological polar surface area (TPSA) is 30.7 Å². The predicted octanol–water partition coefficient (Wildman–Crippen LogP) is 5.23. The quantitative estimate of drug-likeness (QED) is 0.728. The number of fused-ring (bicyclic) bond motifs is 1. The van der Waals surface area contributed by atoms with E-state index in [0.29, 0.717) is 11.5 Å². The SMILES string of the molecule is CCC(CCCC(C)C(C)(C)C)n1nc2ccccc2n1. The van der Waals surface area contributed by atoms with Crippen LogP contribution in [0.1, 0.15) is 66.3 Å². The fraction of sp³-hybridized carbons (Fsp3) is 0.667. The Morgan fingerprint density at radius 3 is 2.10 bits per heavy atom. The average Bonchev–Trinajstić information content (AvgIpc) is 2.85. The van der Waals surface area contributed by atoms with Crippen molar-refractivity contribution >= 4 is 11.0 Å². The third-order valence-corrected chi connectivity index (χ3v) is 4.75. The largest absolute Gasteiger partial charge is 0.181 e. The first-order valence-corrected chi connectivity index (χ1v) is 8.23. The smallest absolute Gasteiger partial charge is 0.113 e. The first kappa shape index (κ1) is 16.0. The van der Waals surface area contributed by atoms with Gasteiger partial charge in [0, 0.05) is 0 Å². The van der Waals surface area contributed by atoms with Gasteiger partial charge in [0.25, 0.3) is 0 Å². The molecule has 0 spiro atoms. The summed E-state index contributed by atoms with van der Waals surface area (Å²) in [6.07, 6.45) is 4.78. The van der Waals surface area contributed by atoms with Crippen molar-refractivity contribution in [2.75, 3.05) is 0 Å². The lowest BCUT2D eigenvalue weighted by Gasteiger charge is -2.27. The normalized spacial score (nSPS) is 15.3. The van der Waals surface area contributed by atoms with Crippen LogP contribution in [0.4, 0.5) is 0 Å². The summed E-state index contributed by atoms with van der Waals surface area (Å²) >= 11 is 0. The minimum Gasteiger partial charge on any atom is -0.181 e. The predicted molar refractivity (Wildman–Crippen MR) is 89.3 cm³/mol. The van der Waals surface area contributed by atoms with Crippen molar-refractivity contribution in [3.63, 3.8) is 0 Å². The minimum atomic E-state index is 0.403. The molecule has 0 aliphatic heterocycles. The average molecular weight is 287 g/mol. The molecule has 0 N–H and O–H groups in total. The maximum absolute atomic E-state index is 4.64. The van der Waals surface area contributed by atoms with E-state index in [1.54, 1.807) is 0 Å². The van der Waals surface area contributed by atoms with E-state index in [1.165, 1.54) is 12.8 Å². The Hall–Kier alpha value is -1.38. The van der Waals surface area contributed by atoms with Crippen molar-refractivity contribution < 1.29 is 0 Å². The van der Waals surface area contributed by atoms with Crippen LogP contribution in [-0.2, 0) is 0 Å². The summed E-state index contributed by atoms with van der Waals surface area (Å²) in [7, 11) is 0. The molecule has 3 heteroatoms. The lowest BCUT2D eigenvalue weighted by atomic mass is 9.79. The van der Waals surface area contributed by atoms with Crippen molar-refractivity contribution in [2.24, 2.45) is 11.3 Å². The number of aromatic nitrogens is 3. The van der Waals surface area contributed by atoms with Crippen molar-refractivity contribution in [3.05, 3.63) is 24.3 Å². The minimum absolute atomic E-state index is 0.403. The molecule has 21 heavy (non-hydrogen) atoms. The van der Waals surface area contributed by atoms with E-state index < -0.39 is 0 Å². The molecule has 3 nitrogen and oxygen atoms in total. The zero-order valence-electron chi connectivity index (χ0n) is 14.1. The highest BCUT2D eigenvalue weighted by molar-refractivity contribution is 5.72. The number of rotatable bonds is 6. The molecule has 0 saturated carbocycles. The van der Waals surface area contributed by atoms with Crippen LogP contribution in [0.2, 0.25) is 0 Å². The fourth-order valence-corrected chi connectivity index (χ4v) is 2.62. The molecule has 0 aliphatic carbocycles. The highest BCUT2D eigenvalue weighted by atomic mass is 15.5. The molecule has 0 amide bonds. The fourth-order valence-electron chi connectivity index (χ4n) is 2.62. The number of benzene rings is 1.